The first kappa shape index (κ1) is 14.0. The quantitative estimate of drug-likeness (QED) is 0.770. The van der Waals surface area contributed by atoms with Crippen molar-refractivity contribution in [2.24, 2.45) is 0 Å². The van der Waals surface area contributed by atoms with Gasteiger partial charge in [0.05, 0.1) is 5.69 Å². The zero-order valence-corrected chi connectivity index (χ0v) is 11.8. The molecule has 4 nitrogen and oxygen atoms in total. The molecule has 0 fully saturated rings. The van der Waals surface area contributed by atoms with Gasteiger partial charge in [-0.05, 0) is 11.4 Å². The SMILES string of the molecule is Oc1cc(-c2ccsc2)nc(-c2nc(C(F)(F)F)cs2)n1. The molecule has 0 aromatic carbocycles. The van der Waals surface area contributed by atoms with Crippen molar-refractivity contribution in [3.63, 3.8) is 0 Å². The first-order chi connectivity index (χ1) is 9.93. The maximum atomic E-state index is 12.6. The molecule has 3 heterocycles. The Bertz CT molecular complexity index is 768. The van der Waals surface area contributed by atoms with Gasteiger partial charge in [-0.25, -0.2) is 9.97 Å². The minimum absolute atomic E-state index is 0.00899. The Labute approximate surface area is 124 Å². The summed E-state index contributed by atoms with van der Waals surface area (Å²) in [5.74, 6) is -0.346. The van der Waals surface area contributed by atoms with Crippen LogP contribution in [0.3, 0.4) is 0 Å². The van der Waals surface area contributed by atoms with E-state index in [1.807, 2.05) is 10.8 Å². The third-order valence-electron chi connectivity index (χ3n) is 2.52. The zero-order chi connectivity index (χ0) is 15.0. The molecule has 0 atom stereocenters. The number of thiazole rings is 1. The van der Waals surface area contributed by atoms with Gasteiger partial charge in [-0.1, -0.05) is 0 Å². The third-order valence-corrected chi connectivity index (χ3v) is 4.04. The number of hydrogen-bond donors (Lipinski definition) is 1. The molecule has 0 aliphatic carbocycles. The van der Waals surface area contributed by atoms with Gasteiger partial charge in [-0.3, -0.25) is 0 Å². The van der Waals surface area contributed by atoms with Gasteiger partial charge < -0.3 is 5.11 Å². The number of alkyl halides is 3. The van der Waals surface area contributed by atoms with E-state index in [1.54, 1.807) is 6.07 Å². The molecule has 1 N–H and O–H groups in total. The number of thiophene rings is 1. The molecular weight excluding hydrogens is 323 g/mol. The predicted octanol–water partition coefficient (Wildman–Crippen LogP) is 4.05. The largest absolute Gasteiger partial charge is 0.493 e. The van der Waals surface area contributed by atoms with Gasteiger partial charge >= 0.3 is 6.18 Å². The smallest absolute Gasteiger partial charge is 0.434 e. The predicted molar refractivity (Wildman–Crippen MR) is 73.1 cm³/mol. The van der Waals surface area contributed by atoms with Crippen LogP contribution >= 0.6 is 22.7 Å². The molecule has 0 saturated heterocycles. The molecule has 3 aromatic heterocycles. The van der Waals surface area contributed by atoms with Crippen LogP contribution in [0, 0.1) is 0 Å². The van der Waals surface area contributed by atoms with Crippen LogP contribution in [0.2, 0.25) is 0 Å². The minimum Gasteiger partial charge on any atom is -0.493 e. The van der Waals surface area contributed by atoms with Crippen LogP contribution in [-0.2, 0) is 6.18 Å². The van der Waals surface area contributed by atoms with Gasteiger partial charge in [-0.15, -0.1) is 11.3 Å². The second-order valence-electron chi connectivity index (χ2n) is 3.98. The van der Waals surface area contributed by atoms with Crippen molar-refractivity contribution >= 4 is 22.7 Å². The van der Waals surface area contributed by atoms with Crippen molar-refractivity contribution in [3.05, 3.63) is 34.0 Å². The van der Waals surface area contributed by atoms with E-state index in [0.717, 1.165) is 22.3 Å². The lowest BCUT2D eigenvalue weighted by Gasteiger charge is -2.02. The lowest BCUT2D eigenvalue weighted by Crippen LogP contribution is -2.05. The van der Waals surface area contributed by atoms with Crippen LogP contribution in [-0.4, -0.2) is 20.1 Å². The summed E-state index contributed by atoms with van der Waals surface area (Å²) in [5.41, 5.74) is 0.195. The molecule has 21 heavy (non-hydrogen) atoms. The number of halogens is 3. The Morgan fingerprint density at radius 1 is 1.10 bits per heavy atom. The van der Waals surface area contributed by atoms with Gasteiger partial charge in [0.15, 0.2) is 16.5 Å². The molecule has 0 aliphatic rings. The third kappa shape index (κ3) is 2.88. The summed E-state index contributed by atoms with van der Waals surface area (Å²) < 4.78 is 37.7. The number of aromatic hydroxyl groups is 1. The Kier molecular flexibility index (Phi) is 3.38. The average Bonchev–Trinajstić information content (AvgIpc) is 3.09. The van der Waals surface area contributed by atoms with Crippen LogP contribution in [0.4, 0.5) is 13.2 Å². The van der Waals surface area contributed by atoms with Gasteiger partial charge in [0.2, 0.25) is 5.88 Å². The van der Waals surface area contributed by atoms with Crippen molar-refractivity contribution in [1.82, 2.24) is 15.0 Å². The standard InChI is InChI=1S/C12H6F3N3OS2/c13-12(14,15)8-5-21-11(17-8)10-16-7(3-9(19)18-10)6-1-2-20-4-6/h1-5H,(H,16,18,19). The molecule has 0 spiro atoms. The molecule has 108 valence electrons. The number of rotatable bonds is 2. The summed E-state index contributed by atoms with van der Waals surface area (Å²) in [4.78, 5) is 11.4. The lowest BCUT2D eigenvalue weighted by atomic mass is 10.2. The van der Waals surface area contributed by atoms with Crippen LogP contribution in [0.25, 0.3) is 22.1 Å². The molecule has 0 amide bonds. The van der Waals surface area contributed by atoms with Crippen molar-refractivity contribution < 1.29 is 18.3 Å². The summed E-state index contributed by atoms with van der Waals surface area (Å²) in [6.45, 7) is 0. The van der Waals surface area contributed by atoms with Crippen molar-refractivity contribution in [2.45, 2.75) is 6.18 Å². The number of hydrogen-bond acceptors (Lipinski definition) is 6. The molecular formula is C12H6F3N3OS2. The zero-order valence-electron chi connectivity index (χ0n) is 10.1. The van der Waals surface area contributed by atoms with Gasteiger partial charge in [0, 0.05) is 22.4 Å². The van der Waals surface area contributed by atoms with E-state index in [9.17, 15) is 18.3 Å². The highest BCUT2D eigenvalue weighted by molar-refractivity contribution is 7.13. The molecule has 0 saturated carbocycles. The second kappa shape index (κ2) is 5.08. The summed E-state index contributed by atoms with van der Waals surface area (Å²) in [6.07, 6.45) is -4.51. The fraction of sp³-hybridized carbons (Fsp3) is 0.0833. The van der Waals surface area contributed by atoms with Crippen LogP contribution in [0.5, 0.6) is 5.88 Å². The molecule has 3 aromatic rings. The van der Waals surface area contributed by atoms with E-state index >= 15 is 0 Å². The summed E-state index contributed by atoms with van der Waals surface area (Å²) >= 11 is 2.23. The molecule has 0 radical (unpaired) electrons. The highest BCUT2D eigenvalue weighted by Crippen LogP contribution is 2.33. The summed E-state index contributed by atoms with van der Waals surface area (Å²) in [7, 11) is 0. The molecule has 0 bridgehead atoms. The van der Waals surface area contributed by atoms with E-state index in [2.05, 4.69) is 15.0 Å². The maximum absolute atomic E-state index is 12.6. The van der Waals surface area contributed by atoms with Crippen LogP contribution < -0.4 is 0 Å². The monoisotopic (exact) mass is 329 g/mol. The van der Waals surface area contributed by atoms with Gasteiger partial charge in [-0.2, -0.15) is 29.5 Å². The first-order valence-corrected chi connectivity index (χ1v) is 7.39. The fourth-order valence-electron chi connectivity index (χ4n) is 1.59. The van der Waals surface area contributed by atoms with Crippen molar-refractivity contribution in [1.29, 1.82) is 0 Å². The van der Waals surface area contributed by atoms with E-state index in [0.29, 0.717) is 5.69 Å². The summed E-state index contributed by atoms with van der Waals surface area (Å²) in [5, 5.41) is 14.2. The molecule has 9 heteroatoms. The Morgan fingerprint density at radius 2 is 1.90 bits per heavy atom. The van der Waals surface area contributed by atoms with E-state index < -0.39 is 11.9 Å². The Balaban J connectivity index is 2.05. The van der Waals surface area contributed by atoms with Crippen LogP contribution in [0.1, 0.15) is 5.69 Å². The highest BCUT2D eigenvalue weighted by Gasteiger charge is 2.34. The second-order valence-corrected chi connectivity index (χ2v) is 5.62. The molecule has 3 rings (SSSR count). The molecule has 0 aliphatic heterocycles. The normalized spacial score (nSPS) is 11.8. The summed E-state index contributed by atoms with van der Waals surface area (Å²) in [6, 6.07) is 3.14. The van der Waals surface area contributed by atoms with Crippen molar-refractivity contribution in [2.75, 3.05) is 0 Å². The van der Waals surface area contributed by atoms with Gasteiger partial charge in [0.1, 0.15) is 0 Å². The topological polar surface area (TPSA) is 58.9 Å². The maximum Gasteiger partial charge on any atom is 0.434 e. The average molecular weight is 329 g/mol. The van der Waals surface area contributed by atoms with E-state index in [1.165, 1.54) is 17.4 Å². The fourth-order valence-corrected chi connectivity index (χ4v) is 3.00. The van der Waals surface area contributed by atoms with E-state index in [-0.39, 0.29) is 16.7 Å². The number of aromatic nitrogens is 3. The minimum atomic E-state index is -4.51. The van der Waals surface area contributed by atoms with Crippen molar-refractivity contribution in [3.8, 4) is 28.0 Å². The lowest BCUT2D eigenvalue weighted by molar-refractivity contribution is -0.140. The van der Waals surface area contributed by atoms with Crippen LogP contribution in [0.15, 0.2) is 28.3 Å². The highest BCUT2D eigenvalue weighted by atomic mass is 32.1. The molecule has 0 unspecified atom stereocenters. The van der Waals surface area contributed by atoms with Gasteiger partial charge in [0.25, 0.3) is 0 Å². The van der Waals surface area contributed by atoms with E-state index in [4.69, 9.17) is 0 Å². The Morgan fingerprint density at radius 3 is 2.52 bits per heavy atom. The first-order valence-electron chi connectivity index (χ1n) is 5.57. The number of nitrogens with zero attached hydrogens (tertiary/aromatic N) is 3. The Hall–Kier alpha value is -2.00.